The van der Waals surface area contributed by atoms with E-state index in [0.29, 0.717) is 16.8 Å². The van der Waals surface area contributed by atoms with Crippen LogP contribution in [0.4, 0.5) is 0 Å². The Hall–Kier alpha value is -0.930. The molecular weight excluding hydrogens is 295 g/mol. The van der Waals surface area contributed by atoms with Crippen molar-refractivity contribution in [2.75, 3.05) is 14.2 Å². The monoisotopic (exact) mass is 314 g/mol. The van der Waals surface area contributed by atoms with Gasteiger partial charge in [0.25, 0.3) is 0 Å². The summed E-state index contributed by atoms with van der Waals surface area (Å²) in [7, 11) is 5.06. The van der Waals surface area contributed by atoms with Gasteiger partial charge in [-0.25, -0.2) is 9.59 Å². The Morgan fingerprint density at radius 1 is 1.05 bits per heavy atom. The van der Waals surface area contributed by atoms with Crippen LogP contribution < -0.4 is 0 Å². The quantitative estimate of drug-likeness (QED) is 0.615. The van der Waals surface area contributed by atoms with E-state index in [9.17, 15) is 9.59 Å². The third-order valence-electron chi connectivity index (χ3n) is 3.71. The van der Waals surface area contributed by atoms with E-state index in [4.69, 9.17) is 9.47 Å². The summed E-state index contributed by atoms with van der Waals surface area (Å²) in [4.78, 5) is 24.9. The molecule has 110 valence electrons. The van der Waals surface area contributed by atoms with Crippen molar-refractivity contribution in [3.63, 3.8) is 0 Å². The minimum atomic E-state index is -0.428. The molecule has 1 heterocycles. The number of esters is 2. The van der Waals surface area contributed by atoms with Crippen LogP contribution in [0.3, 0.4) is 0 Å². The molecule has 1 aliphatic rings. The molecule has 0 aromatic carbocycles. The molecule has 1 aromatic heterocycles. The van der Waals surface area contributed by atoms with Gasteiger partial charge in [-0.2, -0.15) is 0 Å². The summed E-state index contributed by atoms with van der Waals surface area (Å²) in [5, 5.41) is 0.434. The van der Waals surface area contributed by atoms with E-state index in [1.54, 1.807) is 10.9 Å². The number of methoxy groups -OCH3 is 2. The van der Waals surface area contributed by atoms with Crippen molar-refractivity contribution in [2.24, 2.45) is 0 Å². The van der Waals surface area contributed by atoms with Crippen molar-refractivity contribution in [3.05, 3.63) is 15.7 Å². The summed E-state index contributed by atoms with van der Waals surface area (Å²) >= 11 is 0. The molecule has 0 atom stereocenters. The number of hydrogen-bond donors (Lipinski definition) is 0. The molecule has 0 aliphatic heterocycles. The van der Waals surface area contributed by atoms with Crippen molar-refractivity contribution in [3.8, 4) is 0 Å². The zero-order valence-electron chi connectivity index (χ0n) is 11.8. The molecule has 0 spiro atoms. The van der Waals surface area contributed by atoms with Crippen molar-refractivity contribution in [1.82, 2.24) is 0 Å². The highest BCUT2D eigenvalue weighted by Crippen LogP contribution is 2.43. The van der Waals surface area contributed by atoms with E-state index in [0.717, 1.165) is 25.1 Å². The highest BCUT2D eigenvalue weighted by molar-refractivity contribution is 7.81. The Labute approximate surface area is 124 Å². The first kappa shape index (κ1) is 15.5. The van der Waals surface area contributed by atoms with Gasteiger partial charge in [0.05, 0.1) is 19.8 Å². The minimum absolute atomic E-state index is 0.381. The van der Waals surface area contributed by atoms with Gasteiger partial charge < -0.3 is 9.47 Å². The summed E-state index contributed by atoms with van der Waals surface area (Å²) in [6, 6.07) is 0. The lowest BCUT2D eigenvalue weighted by Crippen LogP contribution is -2.12. The van der Waals surface area contributed by atoms with E-state index >= 15 is 0 Å². The van der Waals surface area contributed by atoms with Gasteiger partial charge >= 0.3 is 11.9 Å². The van der Waals surface area contributed by atoms with Gasteiger partial charge in [-0.05, 0) is 18.8 Å². The van der Waals surface area contributed by atoms with Crippen LogP contribution in [0, 0.1) is 0 Å². The lowest BCUT2D eigenvalue weighted by molar-refractivity contribution is 0.0559. The molecule has 2 rings (SSSR count). The van der Waals surface area contributed by atoms with E-state index in [1.165, 1.54) is 39.9 Å². The number of rotatable bonds is 3. The molecular formula is C14H19O4PS. The molecule has 0 saturated heterocycles. The van der Waals surface area contributed by atoms with Crippen LogP contribution in [0.1, 0.15) is 69.8 Å². The summed E-state index contributed by atoms with van der Waals surface area (Å²) < 4.78 is 9.65. The number of carbonyl (C=O) groups is 2. The van der Waals surface area contributed by atoms with Crippen LogP contribution in [0.25, 0.3) is 0 Å². The van der Waals surface area contributed by atoms with Crippen LogP contribution >= 0.6 is 18.3 Å². The normalized spacial score (nSPS) is 16.9. The Bertz CT molecular complexity index is 489. The van der Waals surface area contributed by atoms with Crippen molar-refractivity contribution in [1.29, 1.82) is 0 Å². The second-order valence-electron chi connectivity index (χ2n) is 4.94. The summed E-state index contributed by atoms with van der Waals surface area (Å²) in [5.41, 5.74) is 0.456. The first-order chi connectivity index (χ1) is 9.69. The number of ether oxygens (including phenoxy) is 2. The molecule has 1 saturated carbocycles. The molecule has 1 aromatic rings. The number of carbonyl (C=O) groups excluding carboxylic acids is 2. The standard InChI is InChI=1S/C14H19O4PS/c1-17-13(15)10-11(14(16)18-2)19-20-12(10)9-7-5-3-4-6-8-9/h9H,3-8H2,1-2H3. The zero-order chi connectivity index (χ0) is 14.5. The summed E-state index contributed by atoms with van der Waals surface area (Å²) in [5.74, 6) is -0.461. The van der Waals surface area contributed by atoms with Gasteiger partial charge in [0, 0.05) is 12.2 Å². The van der Waals surface area contributed by atoms with Crippen molar-refractivity contribution in [2.45, 2.75) is 44.4 Å². The predicted octanol–water partition coefficient (Wildman–Crippen LogP) is 4.34. The molecule has 0 unspecified atom stereocenters. The van der Waals surface area contributed by atoms with E-state index < -0.39 is 11.9 Å². The SMILES string of the molecule is COC(=O)c1psc(C2CCCCCC2)c1C(=O)OC. The van der Waals surface area contributed by atoms with Crippen molar-refractivity contribution < 1.29 is 19.1 Å². The molecule has 1 fully saturated rings. The Morgan fingerprint density at radius 2 is 1.65 bits per heavy atom. The zero-order valence-corrected chi connectivity index (χ0v) is 13.5. The molecule has 4 nitrogen and oxygen atoms in total. The minimum Gasteiger partial charge on any atom is -0.465 e. The van der Waals surface area contributed by atoms with Gasteiger partial charge in [0.15, 0.2) is 0 Å². The third kappa shape index (κ3) is 3.21. The van der Waals surface area contributed by atoms with Gasteiger partial charge in [-0.3, -0.25) is 0 Å². The lowest BCUT2D eigenvalue weighted by atomic mass is 9.95. The fourth-order valence-corrected chi connectivity index (χ4v) is 5.84. The number of hydrogen-bond acceptors (Lipinski definition) is 5. The van der Waals surface area contributed by atoms with Crippen LogP contribution in [0.15, 0.2) is 0 Å². The predicted molar refractivity (Wildman–Crippen MR) is 80.0 cm³/mol. The second kappa shape index (κ2) is 7.19. The molecule has 1 aliphatic carbocycles. The maximum atomic E-state index is 12.1. The van der Waals surface area contributed by atoms with Crippen LogP contribution in [0.5, 0.6) is 0 Å². The maximum absolute atomic E-state index is 12.1. The van der Waals surface area contributed by atoms with Gasteiger partial charge in [0.1, 0.15) is 5.30 Å². The Kier molecular flexibility index (Phi) is 5.55. The summed E-state index contributed by atoms with van der Waals surface area (Å²) in [6.07, 6.45) is 7.07. The van der Waals surface area contributed by atoms with Crippen molar-refractivity contribution >= 4 is 30.3 Å². The van der Waals surface area contributed by atoms with Crippen LogP contribution in [-0.4, -0.2) is 26.2 Å². The molecule has 0 radical (unpaired) electrons. The fourth-order valence-electron chi connectivity index (χ4n) is 2.66. The molecule has 6 heteroatoms. The summed E-state index contributed by atoms with van der Waals surface area (Å²) in [6.45, 7) is 0. The van der Waals surface area contributed by atoms with E-state index in [1.807, 2.05) is 0 Å². The van der Waals surface area contributed by atoms with Crippen LogP contribution in [-0.2, 0) is 9.47 Å². The average Bonchev–Trinajstić information content (AvgIpc) is 2.73. The second-order valence-corrected chi connectivity index (χ2v) is 7.29. The highest BCUT2D eigenvalue weighted by atomic mass is 32.5. The smallest absolute Gasteiger partial charge is 0.344 e. The maximum Gasteiger partial charge on any atom is 0.344 e. The molecule has 0 N–H and O–H groups in total. The van der Waals surface area contributed by atoms with E-state index in [-0.39, 0.29) is 0 Å². The molecule has 20 heavy (non-hydrogen) atoms. The third-order valence-corrected chi connectivity index (χ3v) is 6.54. The molecule has 0 amide bonds. The van der Waals surface area contributed by atoms with Gasteiger partial charge in [-0.1, -0.05) is 25.7 Å². The van der Waals surface area contributed by atoms with Gasteiger partial charge in [-0.15, -0.1) is 10.9 Å². The average molecular weight is 314 g/mol. The first-order valence-electron chi connectivity index (χ1n) is 6.85. The largest absolute Gasteiger partial charge is 0.465 e. The van der Waals surface area contributed by atoms with Crippen LogP contribution in [0.2, 0.25) is 0 Å². The fraction of sp³-hybridized carbons (Fsp3) is 0.643. The van der Waals surface area contributed by atoms with E-state index in [2.05, 4.69) is 0 Å². The first-order valence-corrected chi connectivity index (χ1v) is 9.16. The van der Waals surface area contributed by atoms with Gasteiger partial charge in [0.2, 0.25) is 0 Å². The topological polar surface area (TPSA) is 52.6 Å². The Morgan fingerprint density at radius 3 is 2.20 bits per heavy atom. The Balaban J connectivity index is 2.38. The lowest BCUT2D eigenvalue weighted by Gasteiger charge is -2.14. The molecule has 0 bridgehead atoms. The highest BCUT2D eigenvalue weighted by Gasteiger charge is 2.29.